The fourth-order valence-corrected chi connectivity index (χ4v) is 6.34. The first-order valence-electron chi connectivity index (χ1n) is 10.9. The van der Waals surface area contributed by atoms with Gasteiger partial charge in [0.2, 0.25) is 6.79 Å². The summed E-state index contributed by atoms with van der Waals surface area (Å²) in [5.74, 6) is -1.16. The SMILES string of the molecule is CCOC(=O)C[C@H]([C@@H](c1ccc2c(c1)OCO2)S(=O)(=O)c1ccccc1)[C@H]1COC(C)(C)O1. The summed E-state index contributed by atoms with van der Waals surface area (Å²) in [6.45, 7) is 5.64. The molecule has 0 unspecified atom stereocenters. The van der Waals surface area contributed by atoms with Gasteiger partial charge in [0.1, 0.15) is 0 Å². The zero-order valence-electron chi connectivity index (χ0n) is 18.9. The molecule has 0 spiro atoms. The van der Waals surface area contributed by atoms with Crippen LogP contribution in [0.4, 0.5) is 0 Å². The second kappa shape index (κ2) is 9.32. The van der Waals surface area contributed by atoms with E-state index in [4.69, 9.17) is 23.7 Å². The number of carbonyl (C=O) groups is 1. The van der Waals surface area contributed by atoms with Gasteiger partial charge in [-0.2, -0.15) is 0 Å². The average Bonchev–Trinajstić information content (AvgIpc) is 3.39. The maximum Gasteiger partial charge on any atom is 0.306 e. The van der Waals surface area contributed by atoms with E-state index in [0.717, 1.165) is 0 Å². The van der Waals surface area contributed by atoms with Crippen LogP contribution in [0.1, 0.15) is 38.0 Å². The van der Waals surface area contributed by atoms with Gasteiger partial charge in [0.05, 0.1) is 35.9 Å². The molecule has 8 nitrogen and oxygen atoms in total. The minimum atomic E-state index is -3.95. The molecule has 2 heterocycles. The molecule has 0 N–H and O–H groups in total. The first-order valence-corrected chi connectivity index (χ1v) is 12.4. The lowest BCUT2D eigenvalue weighted by molar-refractivity contribution is -0.153. The van der Waals surface area contributed by atoms with Gasteiger partial charge in [-0.1, -0.05) is 24.3 Å². The molecule has 0 aliphatic carbocycles. The van der Waals surface area contributed by atoms with Crippen LogP contribution in [-0.2, 0) is 28.8 Å². The number of hydrogen-bond donors (Lipinski definition) is 0. The lowest BCUT2D eigenvalue weighted by atomic mass is 9.90. The molecule has 178 valence electrons. The lowest BCUT2D eigenvalue weighted by Crippen LogP contribution is -2.36. The van der Waals surface area contributed by atoms with Gasteiger partial charge in [0, 0.05) is 5.92 Å². The van der Waals surface area contributed by atoms with E-state index in [-0.39, 0.29) is 31.3 Å². The van der Waals surface area contributed by atoms with Crippen molar-refractivity contribution >= 4 is 15.8 Å². The first-order chi connectivity index (χ1) is 15.7. The van der Waals surface area contributed by atoms with Gasteiger partial charge < -0.3 is 23.7 Å². The molecule has 4 rings (SSSR count). The standard InChI is InChI=1S/C24H28O8S/c1-4-28-22(25)13-18(21-14-31-24(2,3)32-21)23(33(26,27)17-8-6-5-7-9-17)16-10-11-19-20(12-16)30-15-29-19/h5-12,18,21,23H,4,13-15H2,1-3H3/t18-,21+,23+/m0/s1. The van der Waals surface area contributed by atoms with Gasteiger partial charge >= 0.3 is 5.97 Å². The van der Waals surface area contributed by atoms with Crippen LogP contribution in [0.15, 0.2) is 53.4 Å². The highest BCUT2D eigenvalue weighted by Gasteiger charge is 2.47. The summed E-state index contributed by atoms with van der Waals surface area (Å²) in [6, 6.07) is 13.2. The Morgan fingerprint density at radius 3 is 2.52 bits per heavy atom. The molecule has 3 atom stereocenters. The summed E-state index contributed by atoms with van der Waals surface area (Å²) < 4.78 is 55.9. The molecule has 0 radical (unpaired) electrons. The van der Waals surface area contributed by atoms with E-state index in [1.54, 1.807) is 69.3 Å². The van der Waals surface area contributed by atoms with Crippen molar-refractivity contribution in [3.05, 3.63) is 54.1 Å². The van der Waals surface area contributed by atoms with Crippen molar-refractivity contribution in [1.82, 2.24) is 0 Å². The number of rotatable bonds is 8. The first kappa shape index (κ1) is 23.5. The monoisotopic (exact) mass is 476 g/mol. The minimum Gasteiger partial charge on any atom is -0.466 e. The molecule has 1 saturated heterocycles. The minimum absolute atomic E-state index is 0.0644. The molecule has 0 aromatic heterocycles. The Morgan fingerprint density at radius 1 is 1.12 bits per heavy atom. The Morgan fingerprint density at radius 2 is 1.85 bits per heavy atom. The molecule has 2 aliphatic heterocycles. The normalized spacial score (nSPS) is 20.9. The summed E-state index contributed by atoms with van der Waals surface area (Å²) in [5.41, 5.74) is 0.478. The number of esters is 1. The van der Waals surface area contributed by atoms with Crippen molar-refractivity contribution in [3.63, 3.8) is 0 Å². The second-order valence-electron chi connectivity index (χ2n) is 8.43. The predicted molar refractivity (Wildman–Crippen MR) is 119 cm³/mol. The van der Waals surface area contributed by atoms with E-state index in [0.29, 0.717) is 17.1 Å². The maximum atomic E-state index is 14.0. The molecule has 2 aromatic carbocycles. The van der Waals surface area contributed by atoms with Crippen LogP contribution in [0.5, 0.6) is 11.5 Å². The Balaban J connectivity index is 1.83. The molecule has 2 aliphatic rings. The third-order valence-electron chi connectivity index (χ3n) is 5.74. The Bertz CT molecular complexity index is 1100. The Kier molecular flexibility index (Phi) is 6.65. The highest BCUT2D eigenvalue weighted by atomic mass is 32.2. The van der Waals surface area contributed by atoms with Crippen LogP contribution in [0, 0.1) is 5.92 Å². The van der Waals surface area contributed by atoms with Crippen molar-refractivity contribution in [2.75, 3.05) is 20.0 Å². The third kappa shape index (κ3) is 5.00. The molecule has 1 fully saturated rings. The largest absolute Gasteiger partial charge is 0.466 e. The number of fused-ring (bicyclic) bond motifs is 1. The van der Waals surface area contributed by atoms with Gasteiger partial charge in [0.25, 0.3) is 0 Å². The fourth-order valence-electron chi connectivity index (χ4n) is 4.28. The Hall–Kier alpha value is -2.62. The smallest absolute Gasteiger partial charge is 0.306 e. The van der Waals surface area contributed by atoms with E-state index in [2.05, 4.69) is 0 Å². The van der Waals surface area contributed by atoms with Crippen LogP contribution in [0.25, 0.3) is 0 Å². The van der Waals surface area contributed by atoms with Crippen molar-refractivity contribution in [1.29, 1.82) is 0 Å². The second-order valence-corrected chi connectivity index (χ2v) is 10.5. The summed E-state index contributed by atoms with van der Waals surface area (Å²) in [5, 5.41) is -1.11. The lowest BCUT2D eigenvalue weighted by Gasteiger charge is -2.31. The van der Waals surface area contributed by atoms with E-state index >= 15 is 0 Å². The highest BCUT2D eigenvalue weighted by molar-refractivity contribution is 7.91. The van der Waals surface area contributed by atoms with Gasteiger partial charge in [-0.3, -0.25) is 4.79 Å². The van der Waals surface area contributed by atoms with E-state index < -0.39 is 38.9 Å². The fraction of sp³-hybridized carbons (Fsp3) is 0.458. The zero-order chi connectivity index (χ0) is 23.6. The van der Waals surface area contributed by atoms with Crippen LogP contribution in [-0.4, -0.2) is 46.3 Å². The van der Waals surface area contributed by atoms with Crippen molar-refractivity contribution < 1.29 is 36.9 Å². The van der Waals surface area contributed by atoms with E-state index in [1.807, 2.05) is 0 Å². The molecule has 33 heavy (non-hydrogen) atoms. The number of ether oxygens (including phenoxy) is 5. The highest BCUT2D eigenvalue weighted by Crippen LogP contribution is 2.45. The topological polar surface area (TPSA) is 97.4 Å². The van der Waals surface area contributed by atoms with Crippen molar-refractivity contribution in [3.8, 4) is 11.5 Å². The van der Waals surface area contributed by atoms with Crippen LogP contribution >= 0.6 is 0 Å². The zero-order valence-corrected chi connectivity index (χ0v) is 19.7. The third-order valence-corrected chi connectivity index (χ3v) is 7.96. The quantitative estimate of drug-likeness (QED) is 0.533. The molecule has 0 saturated carbocycles. The predicted octanol–water partition coefficient (Wildman–Crippen LogP) is 3.65. The van der Waals surface area contributed by atoms with Gasteiger partial charge in [-0.05, 0) is 50.6 Å². The average molecular weight is 477 g/mol. The summed E-state index contributed by atoms with van der Waals surface area (Å²) in [6.07, 6.45) is -0.790. The molecular formula is C24H28O8S. The van der Waals surface area contributed by atoms with Crippen LogP contribution in [0.2, 0.25) is 0 Å². The van der Waals surface area contributed by atoms with Gasteiger partial charge in [-0.25, -0.2) is 8.42 Å². The molecular weight excluding hydrogens is 448 g/mol. The Labute approximate surface area is 193 Å². The van der Waals surface area contributed by atoms with Crippen LogP contribution in [0.3, 0.4) is 0 Å². The summed E-state index contributed by atoms with van der Waals surface area (Å²) in [4.78, 5) is 12.8. The van der Waals surface area contributed by atoms with Crippen molar-refractivity contribution in [2.24, 2.45) is 5.92 Å². The van der Waals surface area contributed by atoms with Crippen LogP contribution < -0.4 is 9.47 Å². The summed E-state index contributed by atoms with van der Waals surface area (Å²) in [7, 11) is -3.95. The molecule has 9 heteroatoms. The summed E-state index contributed by atoms with van der Waals surface area (Å²) >= 11 is 0. The van der Waals surface area contributed by atoms with E-state index in [1.165, 1.54) is 0 Å². The number of sulfone groups is 1. The molecule has 0 bridgehead atoms. The van der Waals surface area contributed by atoms with E-state index in [9.17, 15) is 13.2 Å². The molecule has 2 aromatic rings. The number of benzene rings is 2. The number of hydrogen-bond acceptors (Lipinski definition) is 8. The van der Waals surface area contributed by atoms with Gasteiger partial charge in [0.15, 0.2) is 27.1 Å². The maximum absolute atomic E-state index is 14.0. The number of carbonyl (C=O) groups excluding carboxylic acids is 1. The van der Waals surface area contributed by atoms with Crippen molar-refractivity contribution in [2.45, 2.75) is 49.2 Å². The van der Waals surface area contributed by atoms with Gasteiger partial charge in [-0.15, -0.1) is 0 Å². The molecule has 0 amide bonds.